The molecule has 1 heterocycles. The molecule has 0 saturated carbocycles. The molecule has 1 aliphatic heterocycles. The molecular weight excluding hydrogens is 438 g/mol. The molecule has 8 nitrogen and oxygen atoms in total. The van der Waals surface area contributed by atoms with E-state index >= 15 is 0 Å². The van der Waals surface area contributed by atoms with Crippen molar-refractivity contribution < 1.29 is 34.7 Å². The monoisotopic (exact) mass is 465 g/mol. The highest BCUT2D eigenvalue weighted by Gasteiger charge is 2.51. The third-order valence-electron chi connectivity index (χ3n) is 5.59. The van der Waals surface area contributed by atoms with E-state index in [0.717, 1.165) is 0 Å². The summed E-state index contributed by atoms with van der Waals surface area (Å²) in [6, 6.07) is 16.3. The first-order valence-corrected chi connectivity index (χ1v) is 10.6. The first-order valence-electron chi connectivity index (χ1n) is 10.2. The lowest BCUT2D eigenvalue weighted by Crippen LogP contribution is -2.61. The van der Waals surface area contributed by atoms with Crippen LogP contribution < -0.4 is 0 Å². The van der Waals surface area contributed by atoms with Crippen LogP contribution in [0.4, 0.5) is 0 Å². The molecule has 9 heteroatoms. The molecule has 6 atom stereocenters. The van der Waals surface area contributed by atoms with E-state index in [-0.39, 0.29) is 0 Å². The van der Waals surface area contributed by atoms with Crippen LogP contribution in [0, 0.1) is 0 Å². The van der Waals surface area contributed by atoms with Gasteiger partial charge in [-0.2, -0.15) is 0 Å². The number of carboxylic acids is 1. The number of carbonyl (C=O) groups is 1. The standard InChI is InChI=1S/C23H28ClNO7/c1-25(2)13-12-23(14-8-4-3-5-9-14,15-10-6-7-11-16(15)24)32-22-19(28)17(26)18(27)20(31-22)21(29)30/h3-11,17-20,22,26-28H,12-13H2,1-2H3,(H,29,30)/t17-,18-,19+,20-,22-,23-/m0/s1. The Hall–Kier alpha value is -2.04. The minimum atomic E-state index is -1.81. The van der Waals surface area contributed by atoms with Gasteiger partial charge in [0.2, 0.25) is 0 Å². The molecule has 174 valence electrons. The summed E-state index contributed by atoms with van der Waals surface area (Å²) in [6.07, 6.45) is -8.22. The van der Waals surface area contributed by atoms with Crippen LogP contribution in [0.1, 0.15) is 17.5 Å². The van der Waals surface area contributed by atoms with Gasteiger partial charge in [0, 0.05) is 17.1 Å². The lowest BCUT2D eigenvalue weighted by Gasteiger charge is -2.44. The predicted octanol–water partition coefficient (Wildman–Crippen LogP) is 1.44. The Labute approximate surface area is 191 Å². The quantitative estimate of drug-likeness (QED) is 0.462. The molecule has 0 amide bonds. The summed E-state index contributed by atoms with van der Waals surface area (Å²) in [6.45, 7) is 0.552. The minimum Gasteiger partial charge on any atom is -0.479 e. The number of halogens is 1. The third kappa shape index (κ3) is 4.97. The summed E-state index contributed by atoms with van der Waals surface area (Å²) in [5.74, 6) is -1.48. The Morgan fingerprint density at radius 3 is 2.25 bits per heavy atom. The zero-order valence-corrected chi connectivity index (χ0v) is 18.6. The van der Waals surface area contributed by atoms with Gasteiger partial charge in [-0.3, -0.25) is 0 Å². The second-order valence-electron chi connectivity index (χ2n) is 8.08. The molecule has 0 aliphatic carbocycles. The van der Waals surface area contributed by atoms with Gasteiger partial charge in [0.25, 0.3) is 0 Å². The molecule has 0 spiro atoms. The molecule has 4 N–H and O–H groups in total. The van der Waals surface area contributed by atoms with E-state index in [1.165, 1.54) is 0 Å². The largest absolute Gasteiger partial charge is 0.479 e. The number of rotatable bonds is 8. The number of carboxylic acid groups (broad SMARTS) is 1. The smallest absolute Gasteiger partial charge is 0.335 e. The van der Waals surface area contributed by atoms with Gasteiger partial charge >= 0.3 is 5.97 Å². The summed E-state index contributed by atoms with van der Waals surface area (Å²) in [5.41, 5.74) is 0.0527. The van der Waals surface area contributed by atoms with Crippen LogP contribution in [-0.4, -0.2) is 82.6 Å². The summed E-state index contributed by atoms with van der Waals surface area (Å²) in [5, 5.41) is 40.8. The number of benzene rings is 2. The fourth-order valence-corrected chi connectivity index (χ4v) is 4.14. The third-order valence-corrected chi connectivity index (χ3v) is 5.92. The molecule has 0 bridgehead atoms. The Morgan fingerprint density at radius 1 is 1.03 bits per heavy atom. The van der Waals surface area contributed by atoms with E-state index in [2.05, 4.69) is 0 Å². The van der Waals surface area contributed by atoms with Crippen LogP contribution in [0.5, 0.6) is 0 Å². The molecule has 2 aromatic rings. The fraction of sp³-hybridized carbons (Fsp3) is 0.435. The lowest BCUT2D eigenvalue weighted by atomic mass is 9.82. The van der Waals surface area contributed by atoms with Gasteiger partial charge in [0.05, 0.1) is 0 Å². The van der Waals surface area contributed by atoms with Crippen molar-refractivity contribution in [1.82, 2.24) is 4.90 Å². The molecule has 0 unspecified atom stereocenters. The first-order chi connectivity index (χ1) is 15.2. The summed E-state index contributed by atoms with van der Waals surface area (Å²) in [4.78, 5) is 13.5. The summed E-state index contributed by atoms with van der Waals surface area (Å²) in [7, 11) is 3.80. The highest BCUT2D eigenvalue weighted by Crippen LogP contribution is 2.43. The summed E-state index contributed by atoms with van der Waals surface area (Å²) < 4.78 is 11.8. The Kier molecular flexibility index (Phi) is 7.89. The molecular formula is C23H28ClNO7. The van der Waals surface area contributed by atoms with Crippen molar-refractivity contribution in [2.45, 2.75) is 42.7 Å². The van der Waals surface area contributed by atoms with Crippen molar-refractivity contribution >= 4 is 17.6 Å². The predicted molar refractivity (Wildman–Crippen MR) is 117 cm³/mol. The fourth-order valence-electron chi connectivity index (χ4n) is 3.85. The van der Waals surface area contributed by atoms with Crippen LogP contribution in [0.15, 0.2) is 54.6 Å². The number of aliphatic carboxylic acids is 1. The SMILES string of the molecule is CN(C)CC[C@](O[C@@H]1O[C@H](C(=O)O)[C@@H](O)[C@H](O)[C@H]1O)(c1ccccc1)c1ccccc1Cl. The van der Waals surface area contributed by atoms with Gasteiger partial charge in [0.15, 0.2) is 12.4 Å². The number of ether oxygens (including phenoxy) is 2. The van der Waals surface area contributed by atoms with Crippen molar-refractivity contribution in [3.8, 4) is 0 Å². The number of aliphatic hydroxyl groups is 3. The highest BCUT2D eigenvalue weighted by molar-refractivity contribution is 6.31. The van der Waals surface area contributed by atoms with Crippen molar-refractivity contribution in [2.75, 3.05) is 20.6 Å². The number of hydrogen-bond donors (Lipinski definition) is 4. The number of aliphatic hydroxyl groups excluding tert-OH is 3. The van der Waals surface area contributed by atoms with Gasteiger partial charge in [0.1, 0.15) is 23.9 Å². The van der Waals surface area contributed by atoms with Crippen molar-refractivity contribution in [3.63, 3.8) is 0 Å². The second kappa shape index (κ2) is 10.3. The van der Waals surface area contributed by atoms with Gasteiger partial charge in [-0.25, -0.2) is 4.79 Å². The Bertz CT molecular complexity index is 912. The summed E-state index contributed by atoms with van der Waals surface area (Å²) >= 11 is 6.58. The maximum atomic E-state index is 11.6. The average Bonchev–Trinajstić information content (AvgIpc) is 2.77. The molecule has 0 aromatic heterocycles. The molecule has 1 aliphatic rings. The van der Waals surface area contributed by atoms with Crippen molar-refractivity contribution in [3.05, 3.63) is 70.7 Å². The van der Waals surface area contributed by atoms with E-state index in [4.69, 9.17) is 21.1 Å². The Balaban J connectivity index is 2.13. The topological polar surface area (TPSA) is 120 Å². The molecule has 2 aromatic carbocycles. The zero-order valence-electron chi connectivity index (χ0n) is 17.8. The van der Waals surface area contributed by atoms with Crippen molar-refractivity contribution in [2.24, 2.45) is 0 Å². The van der Waals surface area contributed by atoms with Crippen LogP contribution in [0.3, 0.4) is 0 Å². The van der Waals surface area contributed by atoms with Crippen LogP contribution in [-0.2, 0) is 19.9 Å². The van der Waals surface area contributed by atoms with E-state index in [0.29, 0.717) is 29.1 Å². The number of hydrogen-bond acceptors (Lipinski definition) is 7. The van der Waals surface area contributed by atoms with E-state index in [9.17, 15) is 25.2 Å². The van der Waals surface area contributed by atoms with Gasteiger partial charge in [-0.05, 0) is 32.1 Å². The lowest BCUT2D eigenvalue weighted by molar-refractivity contribution is -0.318. The van der Waals surface area contributed by atoms with Crippen LogP contribution >= 0.6 is 11.6 Å². The van der Waals surface area contributed by atoms with Gasteiger partial charge in [-0.15, -0.1) is 0 Å². The van der Waals surface area contributed by atoms with Crippen LogP contribution in [0.25, 0.3) is 0 Å². The second-order valence-corrected chi connectivity index (χ2v) is 8.49. The average molecular weight is 466 g/mol. The minimum absolute atomic E-state index is 0.372. The van der Waals surface area contributed by atoms with Gasteiger partial charge < -0.3 is 34.8 Å². The molecule has 1 saturated heterocycles. The maximum absolute atomic E-state index is 11.6. The van der Waals surface area contributed by atoms with Crippen molar-refractivity contribution in [1.29, 1.82) is 0 Å². The molecule has 32 heavy (non-hydrogen) atoms. The zero-order chi connectivity index (χ0) is 23.5. The van der Waals surface area contributed by atoms with Crippen LogP contribution in [0.2, 0.25) is 5.02 Å². The number of nitrogens with zero attached hydrogens (tertiary/aromatic N) is 1. The van der Waals surface area contributed by atoms with E-state index < -0.39 is 42.3 Å². The highest BCUT2D eigenvalue weighted by atomic mass is 35.5. The molecule has 0 radical (unpaired) electrons. The molecule has 3 rings (SSSR count). The maximum Gasteiger partial charge on any atom is 0.335 e. The van der Waals surface area contributed by atoms with Gasteiger partial charge in [-0.1, -0.05) is 60.1 Å². The van der Waals surface area contributed by atoms with E-state index in [1.54, 1.807) is 24.3 Å². The normalized spacial score (nSPS) is 27.8. The molecule has 1 fully saturated rings. The first kappa shape index (κ1) is 24.6. The van der Waals surface area contributed by atoms with E-state index in [1.807, 2.05) is 49.3 Å². The Morgan fingerprint density at radius 2 is 1.66 bits per heavy atom.